The number of aliphatic hydroxyl groups is 2. The molecule has 0 bridgehead atoms. The average Bonchev–Trinajstić information content (AvgIpc) is 2.95. The van der Waals surface area contributed by atoms with Gasteiger partial charge in [0, 0.05) is 11.3 Å². The Hall–Kier alpha value is -1.67. The van der Waals surface area contributed by atoms with Crippen LogP contribution < -0.4 is 0 Å². The number of aliphatic hydroxyl groups excluding tert-OH is 2. The summed E-state index contributed by atoms with van der Waals surface area (Å²) < 4.78 is 17.9. The monoisotopic (exact) mass is 591 g/mol. The Kier molecular flexibility index (Phi) is 22.6. The minimum absolute atomic E-state index is 0.0188. The largest absolute Gasteiger partial charge is 0.390 e. The van der Waals surface area contributed by atoms with Crippen molar-refractivity contribution in [1.29, 1.82) is 0 Å². The molecule has 5 atom stereocenters. The Bertz CT molecular complexity index is 804. The van der Waals surface area contributed by atoms with Crippen molar-refractivity contribution in [2.24, 2.45) is 5.11 Å². The third-order valence-corrected chi connectivity index (χ3v) is 7.47. The van der Waals surface area contributed by atoms with E-state index in [-0.39, 0.29) is 25.4 Å². The van der Waals surface area contributed by atoms with Crippen molar-refractivity contribution >= 4 is 0 Å². The van der Waals surface area contributed by atoms with Crippen molar-refractivity contribution in [3.05, 3.63) is 46.3 Å². The smallest absolute Gasteiger partial charge is 0.104 e. The minimum atomic E-state index is -0.866. The third-order valence-electron chi connectivity index (χ3n) is 7.47. The predicted molar refractivity (Wildman–Crippen MR) is 172 cm³/mol. The van der Waals surface area contributed by atoms with Crippen LogP contribution in [-0.4, -0.2) is 66.1 Å². The van der Waals surface area contributed by atoms with Gasteiger partial charge in [0.05, 0.1) is 49.8 Å². The lowest BCUT2D eigenvalue weighted by atomic mass is 9.99. The molecule has 0 aliphatic heterocycles. The van der Waals surface area contributed by atoms with Crippen molar-refractivity contribution in [3.63, 3.8) is 0 Å². The van der Waals surface area contributed by atoms with Crippen molar-refractivity contribution in [2.45, 2.75) is 167 Å². The molecule has 8 heteroatoms. The first-order valence-electron chi connectivity index (χ1n) is 16.6. The van der Waals surface area contributed by atoms with Gasteiger partial charge in [-0.1, -0.05) is 119 Å². The van der Waals surface area contributed by atoms with Crippen LogP contribution in [0.25, 0.3) is 10.4 Å². The highest BCUT2D eigenvalue weighted by Gasteiger charge is 2.30. The molecule has 0 heterocycles. The molecule has 0 spiro atoms. The van der Waals surface area contributed by atoms with Gasteiger partial charge in [-0.2, -0.15) is 0 Å². The maximum Gasteiger partial charge on any atom is 0.104 e. The molecule has 0 amide bonds. The van der Waals surface area contributed by atoms with Crippen molar-refractivity contribution < 1.29 is 24.4 Å². The van der Waals surface area contributed by atoms with Crippen molar-refractivity contribution in [1.82, 2.24) is 0 Å². The maximum absolute atomic E-state index is 11.0. The summed E-state index contributed by atoms with van der Waals surface area (Å²) in [7, 11) is 0. The average molecular weight is 592 g/mol. The lowest BCUT2D eigenvalue weighted by Crippen LogP contribution is -2.43. The van der Waals surface area contributed by atoms with E-state index in [0.29, 0.717) is 12.8 Å². The number of hydrogen-bond acceptors (Lipinski definition) is 6. The molecule has 0 saturated heterocycles. The summed E-state index contributed by atoms with van der Waals surface area (Å²) in [6, 6.07) is 9.19. The molecule has 242 valence electrons. The van der Waals surface area contributed by atoms with E-state index in [1.807, 2.05) is 58.0 Å². The van der Waals surface area contributed by atoms with Gasteiger partial charge >= 0.3 is 0 Å². The zero-order chi connectivity index (χ0) is 31.0. The highest BCUT2D eigenvalue weighted by Crippen LogP contribution is 2.20. The van der Waals surface area contributed by atoms with Crippen LogP contribution in [0, 0.1) is 0 Å². The highest BCUT2D eigenvalue weighted by molar-refractivity contribution is 5.15. The van der Waals surface area contributed by atoms with Gasteiger partial charge in [0.15, 0.2) is 0 Å². The molecule has 0 aliphatic carbocycles. The fourth-order valence-electron chi connectivity index (χ4n) is 5.26. The van der Waals surface area contributed by atoms with Crippen LogP contribution in [0.15, 0.2) is 35.4 Å². The van der Waals surface area contributed by atoms with Crippen LogP contribution in [-0.2, 0) is 20.6 Å². The number of benzene rings is 1. The Morgan fingerprint density at radius 1 is 0.738 bits per heavy atom. The van der Waals surface area contributed by atoms with E-state index in [0.717, 1.165) is 18.4 Å². The second kappa shape index (κ2) is 24.7. The summed E-state index contributed by atoms with van der Waals surface area (Å²) in [6.07, 6.45) is 13.2. The molecular weight excluding hydrogens is 530 g/mol. The Morgan fingerprint density at radius 3 is 1.81 bits per heavy atom. The molecule has 0 saturated carbocycles. The fourth-order valence-corrected chi connectivity index (χ4v) is 5.26. The van der Waals surface area contributed by atoms with Gasteiger partial charge in [-0.25, -0.2) is 0 Å². The molecule has 1 aromatic carbocycles. The lowest BCUT2D eigenvalue weighted by molar-refractivity contribution is -0.109. The first-order chi connectivity index (χ1) is 20.3. The number of unbranched alkanes of at least 4 members (excludes halogenated alkanes) is 11. The summed E-state index contributed by atoms with van der Waals surface area (Å²) in [4.78, 5) is 3.01. The Morgan fingerprint density at radius 2 is 1.29 bits per heavy atom. The molecule has 1 rings (SSSR count). The molecule has 1 aromatic rings. The zero-order valence-corrected chi connectivity index (χ0v) is 27.2. The summed E-state index contributed by atoms with van der Waals surface area (Å²) in [6.45, 7) is 9.99. The lowest BCUT2D eigenvalue weighted by Gasteiger charge is -2.31. The van der Waals surface area contributed by atoms with Gasteiger partial charge in [-0.05, 0) is 45.2 Å². The molecule has 0 radical (unpaired) electrons. The molecule has 2 N–H and O–H groups in total. The number of ether oxygens (including phenoxy) is 3. The van der Waals surface area contributed by atoms with E-state index in [4.69, 9.17) is 14.2 Å². The first kappa shape index (κ1) is 38.4. The number of rotatable bonds is 27. The standard InChI is InChI=1S/C34H61N3O5/c1-6-7-8-9-10-11-12-13-14-15-16-20-23-31(38)34(42-28(4)5)30(36-37-35)25-40-26-32(39)33(41-27(2)3)24-29-21-18-17-19-22-29/h17-19,21-22,27-28,30-34,38-39H,6-16,20,23-26H2,1-5H3/t30-,31+,32-,33-,34-/m0/s1. The fraction of sp³-hybridized carbons (Fsp3) is 0.824. The molecular formula is C34H61N3O5. The van der Waals surface area contributed by atoms with Gasteiger partial charge in [0.25, 0.3) is 0 Å². The van der Waals surface area contributed by atoms with E-state index >= 15 is 0 Å². The predicted octanol–water partition coefficient (Wildman–Crippen LogP) is 8.32. The molecule has 0 fully saturated rings. The van der Waals surface area contributed by atoms with E-state index in [2.05, 4.69) is 16.9 Å². The topological polar surface area (TPSA) is 117 Å². The van der Waals surface area contributed by atoms with Crippen LogP contribution in [0.4, 0.5) is 0 Å². The second-order valence-corrected chi connectivity index (χ2v) is 12.2. The second-order valence-electron chi connectivity index (χ2n) is 12.2. The molecule has 8 nitrogen and oxygen atoms in total. The minimum Gasteiger partial charge on any atom is -0.390 e. The van der Waals surface area contributed by atoms with Crippen LogP contribution in [0.2, 0.25) is 0 Å². The van der Waals surface area contributed by atoms with Gasteiger partial charge in [-0.3, -0.25) is 0 Å². The van der Waals surface area contributed by atoms with E-state index in [1.54, 1.807) is 0 Å². The number of hydrogen-bond donors (Lipinski definition) is 2. The van der Waals surface area contributed by atoms with Crippen LogP contribution >= 0.6 is 0 Å². The highest BCUT2D eigenvalue weighted by atomic mass is 16.5. The van der Waals surface area contributed by atoms with Crippen LogP contribution in [0.1, 0.15) is 124 Å². The van der Waals surface area contributed by atoms with E-state index < -0.39 is 30.5 Å². The summed E-state index contributed by atoms with van der Waals surface area (Å²) in [5.41, 5.74) is 10.3. The summed E-state index contributed by atoms with van der Waals surface area (Å²) >= 11 is 0. The normalized spacial score (nSPS) is 15.4. The Labute approximate surface area is 256 Å². The third kappa shape index (κ3) is 18.8. The number of nitrogens with zero attached hydrogens (tertiary/aromatic N) is 3. The van der Waals surface area contributed by atoms with Crippen molar-refractivity contribution in [3.8, 4) is 0 Å². The quantitative estimate of drug-likeness (QED) is 0.0462. The molecule has 0 aliphatic rings. The van der Waals surface area contributed by atoms with Gasteiger partial charge in [0.2, 0.25) is 0 Å². The zero-order valence-electron chi connectivity index (χ0n) is 27.2. The number of azide groups is 1. The van der Waals surface area contributed by atoms with E-state index in [1.165, 1.54) is 64.2 Å². The molecule has 0 aromatic heterocycles. The molecule has 0 unspecified atom stereocenters. The molecule has 42 heavy (non-hydrogen) atoms. The SMILES string of the molecule is CCCCCCCCCCCCCC[C@@H](O)[C@@H](OC(C)C)[C@H](COC[C@H](O)[C@H](Cc1ccccc1)OC(C)C)N=[N+]=[N-]. The van der Waals surface area contributed by atoms with E-state index in [9.17, 15) is 15.7 Å². The Balaban J connectivity index is 2.52. The van der Waals surface area contributed by atoms with Crippen LogP contribution in [0.5, 0.6) is 0 Å². The first-order valence-corrected chi connectivity index (χ1v) is 16.6. The summed E-state index contributed by atoms with van der Waals surface area (Å²) in [5, 5.41) is 25.9. The van der Waals surface area contributed by atoms with Crippen LogP contribution in [0.3, 0.4) is 0 Å². The summed E-state index contributed by atoms with van der Waals surface area (Å²) in [5.74, 6) is 0. The van der Waals surface area contributed by atoms with Gasteiger partial charge < -0.3 is 24.4 Å². The maximum atomic E-state index is 11.0. The van der Waals surface area contributed by atoms with Crippen molar-refractivity contribution in [2.75, 3.05) is 13.2 Å². The van der Waals surface area contributed by atoms with Gasteiger partial charge in [-0.15, -0.1) is 0 Å². The van der Waals surface area contributed by atoms with Gasteiger partial charge in [0.1, 0.15) is 6.10 Å².